The lowest BCUT2D eigenvalue weighted by atomic mass is 10.8. The highest BCUT2D eigenvalue weighted by molar-refractivity contribution is 7.91. The van der Waals surface area contributed by atoms with Crippen LogP contribution in [0.1, 0.15) is 12.8 Å². The van der Waals surface area contributed by atoms with E-state index in [0.717, 1.165) is 24.2 Å². The van der Waals surface area contributed by atoms with Gasteiger partial charge in [-0.2, -0.15) is 0 Å². The Kier molecular flexibility index (Phi) is 3.50. The first kappa shape index (κ1) is 13.2. The van der Waals surface area contributed by atoms with E-state index >= 15 is 0 Å². The summed E-state index contributed by atoms with van der Waals surface area (Å²) in [5.41, 5.74) is 0. The number of aromatic nitrogens is 2. The summed E-state index contributed by atoms with van der Waals surface area (Å²) < 4.78 is 26.0. The molecule has 1 aromatic heterocycles. The summed E-state index contributed by atoms with van der Waals surface area (Å²) in [5, 5.41) is 9.94. The lowest BCUT2D eigenvalue weighted by Crippen LogP contribution is -2.34. The number of hydrogen-bond donors (Lipinski definition) is 2. The monoisotopic (exact) mass is 291 g/mol. The molecule has 0 aliphatic heterocycles. The van der Waals surface area contributed by atoms with Gasteiger partial charge in [-0.15, -0.1) is 10.2 Å². The van der Waals surface area contributed by atoms with Crippen LogP contribution in [0.4, 0.5) is 9.93 Å². The summed E-state index contributed by atoms with van der Waals surface area (Å²) in [7, 11) is -0.637. The van der Waals surface area contributed by atoms with Crippen LogP contribution in [0, 0.1) is 0 Å². The lowest BCUT2D eigenvalue weighted by Gasteiger charge is -2.11. The zero-order valence-corrected chi connectivity index (χ0v) is 11.5. The molecule has 1 aliphatic carbocycles. The molecule has 0 aromatic carbocycles. The third kappa shape index (κ3) is 2.76. The van der Waals surface area contributed by atoms with Gasteiger partial charge < -0.3 is 5.32 Å². The first-order valence-electron chi connectivity index (χ1n) is 5.25. The van der Waals surface area contributed by atoms with E-state index in [9.17, 15) is 13.2 Å². The Hall–Kier alpha value is -1.26. The zero-order valence-electron chi connectivity index (χ0n) is 9.87. The third-order valence-electron chi connectivity index (χ3n) is 2.33. The summed E-state index contributed by atoms with van der Waals surface area (Å²) in [6.07, 6.45) is 1.70. The molecule has 100 valence electrons. The van der Waals surface area contributed by atoms with Gasteiger partial charge in [0.25, 0.3) is 10.0 Å². The van der Waals surface area contributed by atoms with Crippen molar-refractivity contribution in [1.29, 1.82) is 0 Å². The molecule has 1 fully saturated rings. The molecule has 0 spiro atoms. The van der Waals surface area contributed by atoms with Crippen molar-refractivity contribution in [2.75, 3.05) is 19.0 Å². The molecule has 0 saturated heterocycles. The highest BCUT2D eigenvalue weighted by atomic mass is 32.2. The number of amides is 2. The van der Waals surface area contributed by atoms with Gasteiger partial charge in [-0.05, 0) is 12.8 Å². The summed E-state index contributed by atoms with van der Waals surface area (Å²) in [4.78, 5) is 12.5. The minimum Gasteiger partial charge on any atom is -0.341 e. The molecular weight excluding hydrogens is 278 g/mol. The van der Waals surface area contributed by atoms with Gasteiger partial charge in [-0.3, -0.25) is 4.90 Å². The molecule has 1 aliphatic rings. The average molecular weight is 291 g/mol. The van der Waals surface area contributed by atoms with Gasteiger partial charge >= 0.3 is 6.03 Å². The predicted molar refractivity (Wildman–Crippen MR) is 66.1 cm³/mol. The number of carbonyl (C=O) groups excluding carboxylic acids is 1. The number of carbonyl (C=O) groups is 1. The molecule has 1 aromatic rings. The van der Waals surface area contributed by atoms with Gasteiger partial charge in [0.2, 0.25) is 9.47 Å². The molecular formula is C8H13N5O3S2. The van der Waals surface area contributed by atoms with Crippen LogP contribution >= 0.6 is 11.3 Å². The maximum absolute atomic E-state index is 11.8. The van der Waals surface area contributed by atoms with Gasteiger partial charge in [-0.1, -0.05) is 11.3 Å². The fraction of sp³-hybridized carbons (Fsp3) is 0.625. The van der Waals surface area contributed by atoms with Crippen LogP contribution in [0.3, 0.4) is 0 Å². The summed E-state index contributed by atoms with van der Waals surface area (Å²) in [6.45, 7) is 0. The van der Waals surface area contributed by atoms with Crippen molar-refractivity contribution in [3.63, 3.8) is 0 Å². The van der Waals surface area contributed by atoms with E-state index in [0.29, 0.717) is 0 Å². The second-order valence-electron chi connectivity index (χ2n) is 3.86. The predicted octanol–water partition coefficient (Wildman–Crippen LogP) is -0.246. The van der Waals surface area contributed by atoms with Gasteiger partial charge in [0.05, 0.1) is 0 Å². The SMILES string of the molecule is CNC(=O)N(C)c1nnc(S(=O)(=O)NC2CC2)s1. The average Bonchev–Trinajstić information content (AvgIpc) is 2.98. The van der Waals surface area contributed by atoms with Crippen LogP contribution in [0.15, 0.2) is 4.34 Å². The van der Waals surface area contributed by atoms with Crippen LogP contribution in [-0.4, -0.2) is 44.8 Å². The fourth-order valence-corrected chi connectivity index (χ4v) is 3.44. The Bertz CT molecular complexity index is 551. The molecule has 8 nitrogen and oxygen atoms in total. The molecule has 1 saturated carbocycles. The summed E-state index contributed by atoms with van der Waals surface area (Å²) >= 11 is 0.854. The molecule has 0 bridgehead atoms. The van der Waals surface area contributed by atoms with E-state index in [1.807, 2.05) is 0 Å². The Labute approximate surface area is 108 Å². The first-order valence-corrected chi connectivity index (χ1v) is 7.55. The number of rotatable bonds is 4. The van der Waals surface area contributed by atoms with Crippen molar-refractivity contribution in [2.45, 2.75) is 23.2 Å². The minimum atomic E-state index is -3.61. The van der Waals surface area contributed by atoms with E-state index in [-0.39, 0.29) is 21.5 Å². The second kappa shape index (κ2) is 4.78. The van der Waals surface area contributed by atoms with Crippen molar-refractivity contribution in [1.82, 2.24) is 20.2 Å². The maximum Gasteiger partial charge on any atom is 0.323 e. The second-order valence-corrected chi connectivity index (χ2v) is 6.70. The normalized spacial score (nSPS) is 15.4. The fourth-order valence-electron chi connectivity index (χ4n) is 1.17. The molecule has 2 amide bonds. The molecule has 10 heteroatoms. The Morgan fingerprint density at radius 1 is 1.44 bits per heavy atom. The molecule has 2 rings (SSSR count). The van der Waals surface area contributed by atoms with Gasteiger partial charge in [0, 0.05) is 20.1 Å². The van der Waals surface area contributed by atoms with Crippen molar-refractivity contribution in [3.8, 4) is 0 Å². The van der Waals surface area contributed by atoms with Crippen molar-refractivity contribution in [3.05, 3.63) is 0 Å². The highest BCUT2D eigenvalue weighted by Crippen LogP contribution is 2.26. The lowest BCUT2D eigenvalue weighted by molar-refractivity contribution is 0.249. The topological polar surface area (TPSA) is 104 Å². The van der Waals surface area contributed by atoms with Gasteiger partial charge in [-0.25, -0.2) is 17.9 Å². The first-order chi connectivity index (χ1) is 8.44. The van der Waals surface area contributed by atoms with E-state index in [2.05, 4.69) is 20.2 Å². The third-order valence-corrected chi connectivity index (χ3v) is 5.22. The number of urea groups is 1. The van der Waals surface area contributed by atoms with Crippen molar-refractivity contribution >= 4 is 32.5 Å². The highest BCUT2D eigenvalue weighted by Gasteiger charge is 2.30. The molecule has 0 radical (unpaired) electrons. The minimum absolute atomic E-state index is 0.0130. The van der Waals surface area contributed by atoms with Gasteiger partial charge in [0.1, 0.15) is 0 Å². The van der Waals surface area contributed by atoms with Crippen LogP contribution in [0.5, 0.6) is 0 Å². The van der Waals surface area contributed by atoms with Crippen LogP contribution in [0.2, 0.25) is 0 Å². The van der Waals surface area contributed by atoms with Crippen molar-refractivity contribution in [2.24, 2.45) is 0 Å². The van der Waals surface area contributed by atoms with Gasteiger partial charge in [0.15, 0.2) is 0 Å². The Morgan fingerprint density at radius 3 is 2.67 bits per heavy atom. The van der Waals surface area contributed by atoms with Crippen LogP contribution < -0.4 is 14.9 Å². The van der Waals surface area contributed by atoms with Crippen LogP contribution in [-0.2, 0) is 10.0 Å². The standard InChI is InChI=1S/C8H13N5O3S2/c1-9-6(14)13(2)7-10-11-8(17-7)18(15,16)12-5-3-4-5/h5,12H,3-4H2,1-2H3,(H,9,14). The molecule has 18 heavy (non-hydrogen) atoms. The summed E-state index contributed by atoms with van der Waals surface area (Å²) in [6, 6.07) is -0.371. The smallest absolute Gasteiger partial charge is 0.323 e. The number of nitrogens with one attached hydrogen (secondary N) is 2. The molecule has 0 unspecified atom stereocenters. The number of sulfonamides is 1. The Morgan fingerprint density at radius 2 is 2.11 bits per heavy atom. The molecule has 0 atom stereocenters. The zero-order chi connectivity index (χ0) is 13.3. The van der Waals surface area contributed by atoms with E-state index in [1.54, 1.807) is 0 Å². The quantitative estimate of drug-likeness (QED) is 0.745. The maximum atomic E-state index is 11.8. The Balaban J connectivity index is 2.16. The summed E-state index contributed by atoms with van der Waals surface area (Å²) in [5.74, 6) is 0. The van der Waals surface area contributed by atoms with E-state index in [1.165, 1.54) is 19.0 Å². The van der Waals surface area contributed by atoms with E-state index < -0.39 is 10.0 Å². The molecule has 2 N–H and O–H groups in total. The van der Waals surface area contributed by atoms with Crippen molar-refractivity contribution < 1.29 is 13.2 Å². The largest absolute Gasteiger partial charge is 0.341 e. The van der Waals surface area contributed by atoms with Crippen LogP contribution in [0.25, 0.3) is 0 Å². The molecule has 1 heterocycles. The van der Waals surface area contributed by atoms with E-state index in [4.69, 9.17) is 0 Å². The number of hydrogen-bond acceptors (Lipinski definition) is 6. The number of nitrogens with zero attached hydrogens (tertiary/aromatic N) is 3. The number of anilines is 1.